The van der Waals surface area contributed by atoms with E-state index < -0.39 is 0 Å². The van der Waals surface area contributed by atoms with Crippen molar-refractivity contribution in [3.05, 3.63) is 65.4 Å². The number of benzene rings is 1. The van der Waals surface area contributed by atoms with Crippen molar-refractivity contribution in [3.8, 4) is 11.5 Å². The smallest absolute Gasteiger partial charge is 0.261 e. The zero-order valence-electron chi connectivity index (χ0n) is 16.0. The zero-order chi connectivity index (χ0) is 19.8. The van der Waals surface area contributed by atoms with Crippen molar-refractivity contribution in [2.45, 2.75) is 38.6 Å². The van der Waals surface area contributed by atoms with Crippen LogP contribution in [-0.4, -0.2) is 30.6 Å². The molecule has 146 valence electrons. The molecule has 0 bridgehead atoms. The van der Waals surface area contributed by atoms with E-state index in [1.165, 1.54) is 5.56 Å². The van der Waals surface area contributed by atoms with E-state index in [2.05, 4.69) is 25.7 Å². The molecule has 1 aliphatic carbocycles. The first-order valence-corrected chi connectivity index (χ1v) is 9.66. The quantitative estimate of drug-likeness (QED) is 0.545. The lowest BCUT2D eigenvalue weighted by atomic mass is 10.1. The van der Waals surface area contributed by atoms with Gasteiger partial charge in [-0.25, -0.2) is 0 Å². The average molecular weight is 388 g/mol. The number of fused-ring (bicyclic) bond motifs is 1. The molecular formula is C21H20N6O2. The van der Waals surface area contributed by atoms with Crippen LogP contribution >= 0.6 is 0 Å². The fourth-order valence-electron chi connectivity index (χ4n) is 3.23. The van der Waals surface area contributed by atoms with Crippen LogP contribution in [0, 0.1) is 6.92 Å². The van der Waals surface area contributed by atoms with Crippen molar-refractivity contribution >= 4 is 11.6 Å². The Bertz CT molecular complexity index is 1170. The molecule has 0 aliphatic heterocycles. The van der Waals surface area contributed by atoms with Gasteiger partial charge in [-0.15, -0.1) is 10.2 Å². The normalized spacial score (nSPS) is 13.7. The number of nitrogens with one attached hydrogen (secondary N) is 1. The fourth-order valence-corrected chi connectivity index (χ4v) is 3.23. The molecule has 1 aliphatic rings. The SMILES string of the molecule is Cc1ccc(CC(=O)NCc2nnc3c(-c4nc(C5CC5)no4)cccn23)cc1. The van der Waals surface area contributed by atoms with Gasteiger partial charge in [0, 0.05) is 12.1 Å². The van der Waals surface area contributed by atoms with Crippen molar-refractivity contribution in [3.63, 3.8) is 0 Å². The van der Waals surface area contributed by atoms with Crippen LogP contribution in [0.5, 0.6) is 0 Å². The predicted molar refractivity (Wildman–Crippen MR) is 105 cm³/mol. The second kappa shape index (κ2) is 7.12. The van der Waals surface area contributed by atoms with Gasteiger partial charge < -0.3 is 9.84 Å². The van der Waals surface area contributed by atoms with E-state index in [0.717, 1.165) is 29.8 Å². The molecule has 3 heterocycles. The third-order valence-corrected chi connectivity index (χ3v) is 5.05. The minimum atomic E-state index is -0.0623. The first-order chi connectivity index (χ1) is 14.2. The van der Waals surface area contributed by atoms with Gasteiger partial charge in [0.2, 0.25) is 5.91 Å². The molecule has 1 amide bonds. The standard InChI is InChI=1S/C21H20N6O2/c1-13-4-6-14(7-5-13)11-18(28)22-12-17-24-25-20-16(3-2-10-27(17)20)21-23-19(26-29-21)15-8-9-15/h2-7,10,15H,8-9,11-12H2,1H3,(H,22,28). The summed E-state index contributed by atoms with van der Waals surface area (Å²) in [5.41, 5.74) is 3.51. The van der Waals surface area contributed by atoms with Gasteiger partial charge in [-0.05, 0) is 37.5 Å². The second-order valence-electron chi connectivity index (χ2n) is 7.40. The molecule has 1 aromatic carbocycles. The highest BCUT2D eigenvalue weighted by molar-refractivity contribution is 5.78. The molecule has 0 spiro atoms. The number of aromatic nitrogens is 5. The summed E-state index contributed by atoms with van der Waals surface area (Å²) in [6.07, 6.45) is 4.41. The van der Waals surface area contributed by atoms with E-state index in [1.807, 2.05) is 53.9 Å². The monoisotopic (exact) mass is 388 g/mol. The molecule has 5 rings (SSSR count). The summed E-state index contributed by atoms with van der Waals surface area (Å²) in [7, 11) is 0. The molecule has 0 saturated heterocycles. The van der Waals surface area contributed by atoms with Crippen LogP contribution in [0.4, 0.5) is 0 Å². The highest BCUT2D eigenvalue weighted by Gasteiger charge is 2.29. The Hall–Kier alpha value is -3.55. The Balaban J connectivity index is 1.32. The fraction of sp³-hybridized carbons (Fsp3) is 0.286. The number of aryl methyl sites for hydroxylation is 1. The summed E-state index contributed by atoms with van der Waals surface area (Å²) in [6, 6.07) is 11.7. The number of carbonyl (C=O) groups excluding carboxylic acids is 1. The maximum Gasteiger partial charge on any atom is 0.261 e. The molecule has 3 aromatic heterocycles. The minimum Gasteiger partial charge on any atom is -0.348 e. The summed E-state index contributed by atoms with van der Waals surface area (Å²) < 4.78 is 7.27. The summed E-state index contributed by atoms with van der Waals surface area (Å²) in [5.74, 6) is 2.20. The highest BCUT2D eigenvalue weighted by atomic mass is 16.5. The number of nitrogens with zero attached hydrogens (tertiary/aromatic N) is 5. The van der Waals surface area contributed by atoms with Gasteiger partial charge >= 0.3 is 0 Å². The van der Waals surface area contributed by atoms with E-state index in [4.69, 9.17) is 4.52 Å². The van der Waals surface area contributed by atoms with Crippen molar-refractivity contribution in [2.75, 3.05) is 0 Å². The predicted octanol–water partition coefficient (Wildman–Crippen LogP) is 2.82. The summed E-state index contributed by atoms with van der Waals surface area (Å²) in [4.78, 5) is 16.8. The van der Waals surface area contributed by atoms with Crippen LogP contribution in [-0.2, 0) is 17.8 Å². The first kappa shape index (κ1) is 17.5. The molecule has 1 saturated carbocycles. The van der Waals surface area contributed by atoms with Gasteiger partial charge in [-0.1, -0.05) is 35.0 Å². The van der Waals surface area contributed by atoms with Crippen molar-refractivity contribution < 1.29 is 9.32 Å². The molecule has 4 aromatic rings. The highest BCUT2D eigenvalue weighted by Crippen LogP contribution is 2.39. The zero-order valence-corrected chi connectivity index (χ0v) is 16.0. The molecule has 29 heavy (non-hydrogen) atoms. The number of carbonyl (C=O) groups is 1. The van der Waals surface area contributed by atoms with Crippen molar-refractivity contribution in [2.24, 2.45) is 0 Å². The van der Waals surface area contributed by atoms with Crippen LogP contribution in [0.1, 0.15) is 41.5 Å². The van der Waals surface area contributed by atoms with Crippen molar-refractivity contribution in [1.29, 1.82) is 0 Å². The van der Waals surface area contributed by atoms with Crippen molar-refractivity contribution in [1.82, 2.24) is 30.1 Å². The number of pyridine rings is 1. The Morgan fingerprint density at radius 2 is 2.03 bits per heavy atom. The molecule has 0 radical (unpaired) electrons. The van der Waals surface area contributed by atoms with E-state index >= 15 is 0 Å². The molecule has 1 fully saturated rings. The largest absolute Gasteiger partial charge is 0.348 e. The number of hydrogen-bond donors (Lipinski definition) is 1. The summed E-state index contributed by atoms with van der Waals surface area (Å²) in [6.45, 7) is 2.31. The van der Waals surface area contributed by atoms with E-state index in [9.17, 15) is 4.79 Å². The lowest BCUT2D eigenvalue weighted by molar-refractivity contribution is -0.120. The summed E-state index contributed by atoms with van der Waals surface area (Å²) in [5, 5.41) is 15.5. The Morgan fingerprint density at radius 3 is 2.83 bits per heavy atom. The van der Waals surface area contributed by atoms with Crippen LogP contribution < -0.4 is 5.32 Å². The van der Waals surface area contributed by atoms with Gasteiger partial charge in [0.1, 0.15) is 0 Å². The minimum absolute atomic E-state index is 0.0623. The molecule has 8 heteroatoms. The third-order valence-electron chi connectivity index (χ3n) is 5.05. The molecule has 1 N–H and O–H groups in total. The van der Waals surface area contributed by atoms with E-state index in [-0.39, 0.29) is 12.5 Å². The molecule has 0 atom stereocenters. The lowest BCUT2D eigenvalue weighted by Gasteiger charge is -2.05. The lowest BCUT2D eigenvalue weighted by Crippen LogP contribution is -2.25. The Morgan fingerprint density at radius 1 is 1.21 bits per heavy atom. The third kappa shape index (κ3) is 3.61. The maximum absolute atomic E-state index is 12.3. The molecular weight excluding hydrogens is 368 g/mol. The molecule has 8 nitrogen and oxygen atoms in total. The topological polar surface area (TPSA) is 98.2 Å². The van der Waals surface area contributed by atoms with E-state index in [1.54, 1.807) is 0 Å². The number of amides is 1. The van der Waals surface area contributed by atoms with Gasteiger partial charge in [0.15, 0.2) is 17.3 Å². The Kier molecular flexibility index (Phi) is 4.31. The second-order valence-corrected chi connectivity index (χ2v) is 7.40. The van der Waals surface area contributed by atoms with Crippen LogP contribution in [0.2, 0.25) is 0 Å². The van der Waals surface area contributed by atoms with Crippen LogP contribution in [0.3, 0.4) is 0 Å². The number of rotatable bonds is 6. The first-order valence-electron chi connectivity index (χ1n) is 9.66. The molecule has 0 unspecified atom stereocenters. The van der Waals surface area contributed by atoms with E-state index in [0.29, 0.717) is 29.7 Å². The average Bonchev–Trinajstić information content (AvgIpc) is 3.31. The van der Waals surface area contributed by atoms with Gasteiger partial charge in [-0.2, -0.15) is 4.98 Å². The van der Waals surface area contributed by atoms with Crippen LogP contribution in [0.15, 0.2) is 47.1 Å². The maximum atomic E-state index is 12.3. The summed E-state index contributed by atoms with van der Waals surface area (Å²) >= 11 is 0. The number of hydrogen-bond acceptors (Lipinski definition) is 6. The van der Waals surface area contributed by atoms with Gasteiger partial charge in [0.05, 0.1) is 18.5 Å². The van der Waals surface area contributed by atoms with Crippen LogP contribution in [0.25, 0.3) is 17.1 Å². The van der Waals surface area contributed by atoms with Gasteiger partial charge in [-0.3, -0.25) is 9.20 Å². The Labute approximate surface area is 167 Å². The van der Waals surface area contributed by atoms with Gasteiger partial charge in [0.25, 0.3) is 5.89 Å².